The van der Waals surface area contributed by atoms with Crippen molar-refractivity contribution in [2.45, 2.75) is 44.2 Å². The zero-order valence-corrected chi connectivity index (χ0v) is 11.9. The SMILES string of the molecule is Clc1ccc2c(c1)CC(NC1C3C4CCC(C4)C13)C2. The first-order valence-electron chi connectivity index (χ1n) is 7.83. The molecule has 4 aliphatic carbocycles. The average Bonchev–Trinajstić information content (AvgIpc) is 2.79. The van der Waals surface area contributed by atoms with Crippen molar-refractivity contribution in [3.8, 4) is 0 Å². The molecule has 19 heavy (non-hydrogen) atoms. The van der Waals surface area contributed by atoms with E-state index in [-0.39, 0.29) is 0 Å². The summed E-state index contributed by atoms with van der Waals surface area (Å²) in [6.07, 6.45) is 6.97. The Morgan fingerprint density at radius 1 is 1.00 bits per heavy atom. The van der Waals surface area contributed by atoms with E-state index in [0.29, 0.717) is 6.04 Å². The van der Waals surface area contributed by atoms with Gasteiger partial charge in [0.15, 0.2) is 0 Å². The zero-order valence-electron chi connectivity index (χ0n) is 11.1. The van der Waals surface area contributed by atoms with Crippen molar-refractivity contribution < 1.29 is 0 Å². The van der Waals surface area contributed by atoms with Gasteiger partial charge in [0.05, 0.1) is 0 Å². The van der Waals surface area contributed by atoms with Crippen LogP contribution in [-0.4, -0.2) is 12.1 Å². The van der Waals surface area contributed by atoms with Crippen molar-refractivity contribution >= 4 is 11.6 Å². The van der Waals surface area contributed by atoms with E-state index in [1.54, 1.807) is 6.42 Å². The molecule has 0 saturated heterocycles. The molecule has 0 heterocycles. The summed E-state index contributed by atoms with van der Waals surface area (Å²) in [7, 11) is 0. The van der Waals surface area contributed by atoms with Gasteiger partial charge in [-0.15, -0.1) is 0 Å². The molecule has 1 aromatic rings. The van der Waals surface area contributed by atoms with E-state index in [1.807, 2.05) is 6.07 Å². The van der Waals surface area contributed by atoms with Crippen molar-refractivity contribution in [3.05, 3.63) is 34.3 Å². The lowest BCUT2D eigenvalue weighted by Gasteiger charge is -2.15. The third kappa shape index (κ3) is 1.58. The van der Waals surface area contributed by atoms with Crippen LogP contribution in [0.1, 0.15) is 30.4 Å². The van der Waals surface area contributed by atoms with Gasteiger partial charge in [-0.2, -0.15) is 0 Å². The van der Waals surface area contributed by atoms with Crippen LogP contribution in [0.4, 0.5) is 0 Å². The average molecular weight is 274 g/mol. The van der Waals surface area contributed by atoms with Gasteiger partial charge < -0.3 is 5.32 Å². The summed E-state index contributed by atoms with van der Waals surface area (Å²) in [5, 5.41) is 4.87. The van der Waals surface area contributed by atoms with Gasteiger partial charge in [-0.25, -0.2) is 0 Å². The third-order valence-corrected chi connectivity index (χ3v) is 6.50. The first-order valence-corrected chi connectivity index (χ1v) is 8.21. The molecule has 0 aromatic heterocycles. The summed E-state index contributed by atoms with van der Waals surface area (Å²) in [4.78, 5) is 0. The van der Waals surface area contributed by atoms with Crippen LogP contribution < -0.4 is 5.32 Å². The van der Waals surface area contributed by atoms with Crippen LogP contribution in [0.5, 0.6) is 0 Å². The molecule has 1 N–H and O–H groups in total. The van der Waals surface area contributed by atoms with E-state index in [2.05, 4.69) is 17.4 Å². The second-order valence-corrected chi connectivity index (χ2v) is 7.64. The highest BCUT2D eigenvalue weighted by molar-refractivity contribution is 6.30. The molecule has 2 bridgehead atoms. The summed E-state index contributed by atoms with van der Waals surface area (Å²) in [6, 6.07) is 7.95. The standard InChI is InChI=1S/C17H20ClN/c18-13-4-3-9-7-14(8-12(9)6-13)19-17-15-10-1-2-11(5-10)16(15)17/h3-4,6,10-11,14-17,19H,1-2,5,7-8H2. The molecule has 3 saturated carbocycles. The lowest BCUT2D eigenvalue weighted by molar-refractivity contribution is 0.421. The van der Waals surface area contributed by atoms with Crippen LogP contribution in [0.3, 0.4) is 0 Å². The van der Waals surface area contributed by atoms with Crippen LogP contribution in [0, 0.1) is 23.7 Å². The highest BCUT2D eigenvalue weighted by Crippen LogP contribution is 2.65. The number of fused-ring (bicyclic) bond motifs is 6. The topological polar surface area (TPSA) is 12.0 Å². The minimum Gasteiger partial charge on any atom is -0.310 e. The van der Waals surface area contributed by atoms with Crippen molar-refractivity contribution in [1.29, 1.82) is 0 Å². The number of halogens is 1. The summed E-state index contributed by atoms with van der Waals surface area (Å²) in [5.41, 5.74) is 2.98. The fraction of sp³-hybridized carbons (Fsp3) is 0.647. The zero-order chi connectivity index (χ0) is 12.6. The summed E-state index contributed by atoms with van der Waals surface area (Å²) < 4.78 is 0. The lowest BCUT2D eigenvalue weighted by Crippen LogP contribution is -2.34. The molecule has 0 radical (unpaired) electrons. The third-order valence-electron chi connectivity index (χ3n) is 6.26. The molecule has 0 aliphatic heterocycles. The van der Waals surface area contributed by atoms with Crippen LogP contribution in [0.2, 0.25) is 5.02 Å². The van der Waals surface area contributed by atoms with Gasteiger partial charge in [0.25, 0.3) is 0 Å². The molecule has 100 valence electrons. The molecule has 1 aromatic carbocycles. The van der Waals surface area contributed by atoms with E-state index < -0.39 is 0 Å². The first kappa shape index (κ1) is 11.2. The molecule has 0 spiro atoms. The fourth-order valence-corrected chi connectivity index (χ4v) is 5.72. The monoisotopic (exact) mass is 273 g/mol. The van der Waals surface area contributed by atoms with Gasteiger partial charge in [0.1, 0.15) is 0 Å². The van der Waals surface area contributed by atoms with Crippen molar-refractivity contribution in [2.75, 3.05) is 0 Å². The van der Waals surface area contributed by atoms with Gasteiger partial charge in [0, 0.05) is 17.1 Å². The predicted octanol–water partition coefficient (Wildman–Crippen LogP) is 3.44. The molecule has 2 heteroatoms. The number of hydrogen-bond acceptors (Lipinski definition) is 1. The number of nitrogens with one attached hydrogen (secondary N) is 1. The summed E-state index contributed by atoms with van der Waals surface area (Å²) in [5.74, 6) is 4.24. The Labute approximate surface area is 119 Å². The highest BCUT2D eigenvalue weighted by atomic mass is 35.5. The van der Waals surface area contributed by atoms with Crippen LogP contribution in [-0.2, 0) is 12.8 Å². The van der Waals surface area contributed by atoms with E-state index in [4.69, 9.17) is 11.6 Å². The van der Waals surface area contributed by atoms with Gasteiger partial charge in [-0.1, -0.05) is 17.7 Å². The van der Waals surface area contributed by atoms with Crippen molar-refractivity contribution in [2.24, 2.45) is 23.7 Å². The lowest BCUT2D eigenvalue weighted by atomic mass is 10.0. The Balaban J connectivity index is 1.29. The summed E-state index contributed by atoms with van der Waals surface area (Å²) >= 11 is 6.09. The van der Waals surface area contributed by atoms with Gasteiger partial charge in [-0.3, -0.25) is 0 Å². The highest BCUT2D eigenvalue weighted by Gasteiger charge is 2.65. The summed E-state index contributed by atoms with van der Waals surface area (Å²) in [6.45, 7) is 0. The molecule has 1 nitrogen and oxygen atoms in total. The molecular formula is C17H20ClN. The molecule has 3 fully saturated rings. The maximum absolute atomic E-state index is 6.09. The number of benzene rings is 1. The van der Waals surface area contributed by atoms with Crippen LogP contribution in [0.25, 0.3) is 0 Å². The maximum atomic E-state index is 6.09. The van der Waals surface area contributed by atoms with E-state index in [9.17, 15) is 0 Å². The van der Waals surface area contributed by atoms with E-state index >= 15 is 0 Å². The van der Waals surface area contributed by atoms with Crippen molar-refractivity contribution in [3.63, 3.8) is 0 Å². The Morgan fingerprint density at radius 3 is 2.53 bits per heavy atom. The molecule has 5 rings (SSSR count). The normalized spacial score (nSPS) is 45.3. The molecule has 4 aliphatic rings. The van der Waals surface area contributed by atoms with Crippen LogP contribution >= 0.6 is 11.6 Å². The molecule has 5 atom stereocenters. The fourth-order valence-electron chi connectivity index (χ4n) is 5.52. The Bertz CT molecular complexity index is 524. The maximum Gasteiger partial charge on any atom is 0.0408 e. The Morgan fingerprint density at radius 2 is 1.74 bits per heavy atom. The van der Waals surface area contributed by atoms with Gasteiger partial charge in [0.2, 0.25) is 0 Å². The number of hydrogen-bond donors (Lipinski definition) is 1. The molecule has 0 amide bonds. The number of rotatable bonds is 2. The van der Waals surface area contributed by atoms with Crippen molar-refractivity contribution in [1.82, 2.24) is 5.32 Å². The quantitative estimate of drug-likeness (QED) is 0.870. The van der Waals surface area contributed by atoms with E-state index in [0.717, 1.165) is 34.7 Å². The minimum absolute atomic E-state index is 0.670. The second kappa shape index (κ2) is 3.77. The first-order chi connectivity index (χ1) is 9.29. The largest absolute Gasteiger partial charge is 0.310 e. The minimum atomic E-state index is 0.670. The Hall–Kier alpha value is -0.530. The van der Waals surface area contributed by atoms with Gasteiger partial charge >= 0.3 is 0 Å². The van der Waals surface area contributed by atoms with Crippen LogP contribution in [0.15, 0.2) is 18.2 Å². The Kier molecular flexibility index (Phi) is 2.21. The molecular weight excluding hydrogens is 254 g/mol. The molecule has 5 unspecified atom stereocenters. The van der Waals surface area contributed by atoms with E-state index in [1.165, 1.54) is 36.8 Å². The smallest absolute Gasteiger partial charge is 0.0408 e. The van der Waals surface area contributed by atoms with Gasteiger partial charge in [-0.05, 0) is 79.0 Å². The second-order valence-electron chi connectivity index (χ2n) is 7.20. The predicted molar refractivity (Wildman–Crippen MR) is 77.4 cm³/mol.